The number of benzene rings is 2. The van der Waals surface area contributed by atoms with Gasteiger partial charge in [0, 0.05) is 55.9 Å². The third-order valence-electron chi connectivity index (χ3n) is 18.6. The van der Waals surface area contributed by atoms with Crippen LogP contribution in [0.2, 0.25) is 0 Å². The average molecular weight is 1180 g/mol. The van der Waals surface area contributed by atoms with Crippen LogP contribution in [-0.4, -0.2) is 46.5 Å². The highest BCUT2D eigenvalue weighted by Crippen LogP contribution is 2.48. The maximum atomic E-state index is 15.5. The summed E-state index contributed by atoms with van der Waals surface area (Å²) in [4.78, 5) is 67.0. The minimum Gasteiger partial charge on any atom is -0.274 e. The van der Waals surface area contributed by atoms with E-state index >= 15 is 19.2 Å². The van der Waals surface area contributed by atoms with Gasteiger partial charge in [0.15, 0.2) is 0 Å². The topological polar surface area (TPSA) is 122 Å². The number of imide groups is 2. The van der Waals surface area contributed by atoms with Crippen LogP contribution in [0.5, 0.6) is 0 Å². The summed E-state index contributed by atoms with van der Waals surface area (Å²) in [6.45, 7) is 9.60. The lowest BCUT2D eigenvalue weighted by molar-refractivity contribution is 0.0578. The number of unbranched alkanes of at least 4 members (excludes halogenated alkanes) is 32. The zero-order valence-corrected chi connectivity index (χ0v) is 54.6. The normalized spacial score (nSPS) is 13.8. The van der Waals surface area contributed by atoms with E-state index < -0.39 is 23.6 Å². The molecule has 0 fully saturated rings. The fraction of sp³-hybridized carbons (Fsp3) is 0.676. The molecule has 0 saturated carbocycles. The quantitative estimate of drug-likeness (QED) is 0.0321. The molecule has 4 aromatic rings. The molecular weight excluding hydrogens is 1070 g/mol. The molecule has 8 nitrogen and oxygen atoms in total. The van der Waals surface area contributed by atoms with Crippen molar-refractivity contribution in [1.82, 2.24) is 9.80 Å². The molecule has 0 aliphatic carbocycles. The van der Waals surface area contributed by atoms with Gasteiger partial charge in [-0.25, -0.2) is 0 Å². The lowest BCUT2D eigenvalue weighted by Gasteiger charge is -2.35. The maximum absolute atomic E-state index is 15.5. The van der Waals surface area contributed by atoms with E-state index in [1.165, 1.54) is 238 Å². The first kappa shape index (κ1) is 68.5. The van der Waals surface area contributed by atoms with Gasteiger partial charge in [0.25, 0.3) is 23.6 Å². The predicted octanol–water partition coefficient (Wildman–Crippen LogP) is 22.9. The average Bonchev–Trinajstić information content (AvgIpc) is 1.66. The summed E-state index contributed by atoms with van der Waals surface area (Å²) >= 11 is 2.55. The van der Waals surface area contributed by atoms with Gasteiger partial charge in [-0.2, -0.15) is 10.5 Å². The Hall–Kier alpha value is -4.64. The highest BCUT2D eigenvalue weighted by Gasteiger charge is 2.43. The van der Waals surface area contributed by atoms with E-state index in [9.17, 15) is 10.5 Å². The molecule has 0 radical (unpaired) electrons. The Morgan fingerprint density at radius 3 is 0.857 bits per heavy atom. The van der Waals surface area contributed by atoms with Gasteiger partial charge in [-0.1, -0.05) is 285 Å². The van der Waals surface area contributed by atoms with Crippen molar-refractivity contribution in [1.29, 1.82) is 10.5 Å². The van der Waals surface area contributed by atoms with Crippen molar-refractivity contribution < 1.29 is 19.2 Å². The third-order valence-corrected chi connectivity index (χ3v) is 20.7. The van der Waals surface area contributed by atoms with Crippen LogP contribution in [0, 0.1) is 34.5 Å². The lowest BCUT2D eigenvalue weighted by Crippen LogP contribution is -2.44. The van der Waals surface area contributed by atoms with E-state index in [4.69, 9.17) is 0 Å². The molecular formula is C74H108N4O4S2. The third kappa shape index (κ3) is 20.8. The molecule has 2 unspecified atom stereocenters. The molecule has 2 aromatic heterocycles. The van der Waals surface area contributed by atoms with Crippen LogP contribution in [-0.2, 0) is 0 Å². The number of nitriles is 2. The van der Waals surface area contributed by atoms with Crippen LogP contribution in [0.4, 0.5) is 0 Å². The zero-order valence-electron chi connectivity index (χ0n) is 53.0. The Kier molecular flexibility index (Phi) is 32.0. The Bertz CT molecular complexity index is 2540. The van der Waals surface area contributed by atoms with E-state index in [1.54, 1.807) is 24.3 Å². The molecule has 2 aromatic carbocycles. The van der Waals surface area contributed by atoms with Gasteiger partial charge in [-0.3, -0.25) is 29.0 Å². The molecule has 0 saturated heterocycles. The molecule has 0 bridgehead atoms. The number of rotatable bonds is 48. The number of thiophene rings is 2. The second kappa shape index (κ2) is 39.2. The van der Waals surface area contributed by atoms with Crippen LogP contribution < -0.4 is 0 Å². The molecule has 4 heterocycles. The summed E-state index contributed by atoms with van der Waals surface area (Å²) in [7, 11) is 0. The Labute approximate surface area is 517 Å². The first-order chi connectivity index (χ1) is 41.2. The molecule has 10 heteroatoms. The monoisotopic (exact) mass is 1180 g/mol. The van der Waals surface area contributed by atoms with Crippen molar-refractivity contribution in [2.24, 2.45) is 11.8 Å². The lowest BCUT2D eigenvalue weighted by atomic mass is 9.80. The van der Waals surface area contributed by atoms with Crippen LogP contribution in [0.15, 0.2) is 36.4 Å². The largest absolute Gasteiger partial charge is 0.274 e. The smallest absolute Gasteiger partial charge is 0.262 e. The number of hydrogen-bond acceptors (Lipinski definition) is 8. The summed E-state index contributed by atoms with van der Waals surface area (Å²) in [5.41, 5.74) is 2.28. The first-order valence-electron chi connectivity index (χ1n) is 34.6. The van der Waals surface area contributed by atoms with Gasteiger partial charge < -0.3 is 0 Å². The summed E-state index contributed by atoms with van der Waals surface area (Å²) in [6, 6.07) is 15.3. The molecule has 84 heavy (non-hydrogen) atoms. The zero-order chi connectivity index (χ0) is 59.7. The van der Waals surface area contributed by atoms with Crippen LogP contribution >= 0.6 is 22.7 Å². The molecule has 2 aliphatic rings. The van der Waals surface area contributed by atoms with Crippen molar-refractivity contribution >= 4 is 57.1 Å². The van der Waals surface area contributed by atoms with E-state index in [-0.39, 0.29) is 13.1 Å². The van der Waals surface area contributed by atoms with Crippen LogP contribution in [0.3, 0.4) is 0 Å². The Morgan fingerprint density at radius 2 is 0.607 bits per heavy atom. The number of carbonyl (C=O) groups is 4. The van der Waals surface area contributed by atoms with Crippen LogP contribution in [0.1, 0.15) is 349 Å². The van der Waals surface area contributed by atoms with Crippen molar-refractivity contribution in [3.05, 3.63) is 68.4 Å². The fourth-order valence-corrected chi connectivity index (χ4v) is 15.2. The molecule has 2 atom stereocenters. The summed E-state index contributed by atoms with van der Waals surface area (Å²) < 4.78 is 0. The highest BCUT2D eigenvalue weighted by atomic mass is 32.1. The van der Waals surface area contributed by atoms with Crippen molar-refractivity contribution in [3.63, 3.8) is 0 Å². The molecule has 0 N–H and O–H groups in total. The van der Waals surface area contributed by atoms with Crippen LogP contribution in [0.25, 0.3) is 31.7 Å². The number of amides is 4. The van der Waals surface area contributed by atoms with Gasteiger partial charge in [0.05, 0.1) is 11.1 Å². The number of nitrogens with zero attached hydrogens (tertiary/aromatic N) is 4. The van der Waals surface area contributed by atoms with E-state index in [2.05, 4.69) is 39.8 Å². The van der Waals surface area contributed by atoms with E-state index in [1.807, 2.05) is 12.1 Å². The van der Waals surface area contributed by atoms with Crippen molar-refractivity contribution in [3.8, 4) is 33.0 Å². The van der Waals surface area contributed by atoms with Crippen molar-refractivity contribution in [2.45, 2.75) is 297 Å². The molecule has 2 aliphatic heterocycles. The van der Waals surface area contributed by atoms with E-state index in [0.717, 1.165) is 51.4 Å². The summed E-state index contributed by atoms with van der Waals surface area (Å²) in [5, 5.41) is 20.9. The Morgan fingerprint density at radius 1 is 0.345 bits per heavy atom. The summed E-state index contributed by atoms with van der Waals surface area (Å²) in [6.07, 6.45) is 51.3. The van der Waals surface area contributed by atoms with E-state index in [0.29, 0.717) is 88.3 Å². The maximum Gasteiger partial charge on any atom is 0.262 e. The predicted molar refractivity (Wildman–Crippen MR) is 354 cm³/mol. The summed E-state index contributed by atoms with van der Waals surface area (Å²) in [5.74, 6) is -0.905. The molecule has 6 rings (SSSR count). The van der Waals surface area contributed by atoms with Crippen molar-refractivity contribution in [2.75, 3.05) is 13.1 Å². The van der Waals surface area contributed by atoms with Gasteiger partial charge >= 0.3 is 0 Å². The van der Waals surface area contributed by atoms with Gasteiger partial charge in [0.1, 0.15) is 21.9 Å². The second-order valence-electron chi connectivity index (χ2n) is 25.3. The Balaban J connectivity index is 1.28. The van der Waals surface area contributed by atoms with Gasteiger partial charge in [-0.15, -0.1) is 22.7 Å². The molecule has 0 spiro atoms. The molecule has 460 valence electrons. The SMILES string of the molecule is CCCCCCCCCCCCC(CCCCCCCCCC)CCN1C(=O)c2cc(-c3ccc(C#N)s3)c3c4c(cc(-c5ccc(C#N)s5)c(c24)C1=O)C(=O)N(CCC(CCCCCCCCCC)CCCCCCCCCCCC)C3=O. The first-order valence-corrected chi connectivity index (χ1v) is 36.2. The fourth-order valence-electron chi connectivity index (χ4n) is 13.5. The number of carbonyl (C=O) groups excluding carboxylic acids is 4. The van der Waals surface area contributed by atoms with Gasteiger partial charge in [-0.05, 0) is 61.1 Å². The second-order valence-corrected chi connectivity index (χ2v) is 27.5. The number of hydrogen-bond donors (Lipinski definition) is 0. The highest BCUT2D eigenvalue weighted by molar-refractivity contribution is 7.16. The minimum absolute atomic E-state index is 0.271. The standard InChI is InChI=1S/C74H108N4O4S2/c1-5-9-13-17-21-25-27-31-35-39-43-57(41-37-33-29-23-19-15-11-7-3)49-51-77-71(79)63-53-62(66-48-46-60(56-76)84-66)70-68-64(54-61(69(67(63)68)73(77)81)65-47-45-59(55-75)83-65)72(80)78(74(70)82)52-50-58(42-38-34-30-24-20-16-12-8-4)44-40-36-32-28-26-22-18-14-10-6-2/h45-48,53-54,57-58H,5-44,49-52H2,1-4H3. The molecule has 4 amide bonds. The van der Waals surface area contributed by atoms with Gasteiger partial charge in [0.2, 0.25) is 0 Å². The minimum atomic E-state index is -0.412.